The molecule has 1 unspecified atom stereocenters. The van der Waals surface area contributed by atoms with Crippen molar-refractivity contribution in [3.05, 3.63) is 149 Å². The number of aryl methyl sites for hydroxylation is 1. The first-order chi connectivity index (χ1) is 20.9. The summed E-state index contributed by atoms with van der Waals surface area (Å²) in [6, 6.07) is 26.1. The number of thiazole rings is 1. The molecule has 0 spiro atoms. The smallest absolute Gasteiger partial charge is 0.338 e. The summed E-state index contributed by atoms with van der Waals surface area (Å²) in [4.78, 5) is 44.0. The molecule has 0 bridgehead atoms. The van der Waals surface area contributed by atoms with Gasteiger partial charge in [0.1, 0.15) is 11.5 Å². The molecule has 3 heterocycles. The zero-order valence-corrected chi connectivity index (χ0v) is 24.0. The molecule has 1 atom stereocenters. The van der Waals surface area contributed by atoms with Crippen LogP contribution >= 0.6 is 11.3 Å². The number of hydrogen-bond acceptors (Lipinski definition) is 8. The fraction of sp³-hybridized carbons (Fsp3) is 0.121. The van der Waals surface area contributed by atoms with Crippen molar-refractivity contribution in [2.75, 3.05) is 6.61 Å². The van der Waals surface area contributed by atoms with Gasteiger partial charge in [-0.2, -0.15) is 0 Å². The molecule has 3 aromatic carbocycles. The molecule has 0 radical (unpaired) electrons. The van der Waals surface area contributed by atoms with E-state index in [1.54, 1.807) is 44.2 Å². The van der Waals surface area contributed by atoms with Gasteiger partial charge in [0, 0.05) is 17.7 Å². The number of benzene rings is 3. The molecule has 6 rings (SSSR count). The van der Waals surface area contributed by atoms with Crippen molar-refractivity contribution in [3.8, 4) is 11.3 Å². The van der Waals surface area contributed by atoms with Crippen LogP contribution < -0.4 is 14.9 Å². The third-order valence-electron chi connectivity index (χ3n) is 7.00. The lowest BCUT2D eigenvalue weighted by Crippen LogP contribution is -2.39. The normalized spacial score (nSPS) is 14.7. The van der Waals surface area contributed by atoms with Crippen molar-refractivity contribution in [3.63, 3.8) is 0 Å². The molecule has 9 nitrogen and oxygen atoms in total. The van der Waals surface area contributed by atoms with Crippen LogP contribution in [0.15, 0.2) is 111 Å². The quantitative estimate of drug-likeness (QED) is 0.142. The number of esters is 1. The summed E-state index contributed by atoms with van der Waals surface area (Å²) in [5, 5.41) is 11.7. The Bertz CT molecular complexity index is 2070. The van der Waals surface area contributed by atoms with Crippen LogP contribution in [0.1, 0.15) is 35.4 Å². The Hall–Kier alpha value is -5.35. The Morgan fingerprint density at radius 2 is 1.79 bits per heavy atom. The minimum absolute atomic E-state index is 0.0666. The fourth-order valence-electron chi connectivity index (χ4n) is 5.10. The number of carbonyl (C=O) groups is 1. The lowest BCUT2D eigenvalue weighted by Gasteiger charge is -2.25. The zero-order chi connectivity index (χ0) is 30.1. The van der Waals surface area contributed by atoms with E-state index in [2.05, 4.69) is 0 Å². The van der Waals surface area contributed by atoms with E-state index in [0.29, 0.717) is 32.1 Å². The minimum atomic E-state index is -0.781. The Kier molecular flexibility index (Phi) is 7.43. The first kappa shape index (κ1) is 27.8. The number of nitrogens with zero attached hydrogens (tertiary/aromatic N) is 3. The summed E-state index contributed by atoms with van der Waals surface area (Å²) >= 11 is 1.17. The van der Waals surface area contributed by atoms with Crippen LogP contribution in [0.2, 0.25) is 0 Å². The number of rotatable bonds is 7. The predicted octanol–water partition coefficient (Wildman–Crippen LogP) is 5.41. The van der Waals surface area contributed by atoms with Gasteiger partial charge >= 0.3 is 5.97 Å². The Morgan fingerprint density at radius 3 is 2.49 bits per heavy atom. The summed E-state index contributed by atoms with van der Waals surface area (Å²) in [5.74, 6) is 0.103. The Labute approximate surface area is 249 Å². The molecule has 0 aliphatic carbocycles. The summed E-state index contributed by atoms with van der Waals surface area (Å²) in [7, 11) is 0. The van der Waals surface area contributed by atoms with Crippen molar-refractivity contribution in [2.45, 2.75) is 19.9 Å². The largest absolute Gasteiger partial charge is 0.463 e. The number of ether oxygens (including phenoxy) is 1. The summed E-state index contributed by atoms with van der Waals surface area (Å²) in [6.07, 6.45) is 1.59. The van der Waals surface area contributed by atoms with Crippen molar-refractivity contribution in [1.82, 2.24) is 4.57 Å². The van der Waals surface area contributed by atoms with Gasteiger partial charge in [0.2, 0.25) is 0 Å². The van der Waals surface area contributed by atoms with Crippen molar-refractivity contribution in [2.24, 2.45) is 4.99 Å². The molecule has 0 saturated carbocycles. The maximum Gasteiger partial charge on any atom is 0.338 e. The number of fused-ring (bicyclic) bond motifs is 1. The molecule has 0 N–H and O–H groups in total. The SMILES string of the molecule is CCOC(=O)C1=C(c2ccccc2)N=c2s/c(=C\c3ccc(-c4ccc(C)cc4[N+](=O)[O-])o3)c(=O)n2C1c1ccccc1. The number of hydrogen-bond donors (Lipinski definition) is 0. The summed E-state index contributed by atoms with van der Waals surface area (Å²) in [5.41, 5.74) is 2.83. The number of carbonyl (C=O) groups excluding carboxylic acids is 1. The van der Waals surface area contributed by atoms with Gasteiger partial charge in [-0.05, 0) is 43.2 Å². The number of nitro benzene ring substituents is 1. The molecular formula is C33H25N3O6S. The molecule has 0 saturated heterocycles. The van der Waals surface area contributed by atoms with Gasteiger partial charge in [-0.1, -0.05) is 78.1 Å². The van der Waals surface area contributed by atoms with Crippen LogP contribution in [0, 0.1) is 17.0 Å². The summed E-state index contributed by atoms with van der Waals surface area (Å²) in [6.45, 7) is 3.68. The van der Waals surface area contributed by atoms with Gasteiger partial charge < -0.3 is 9.15 Å². The van der Waals surface area contributed by atoms with Crippen LogP contribution in [-0.2, 0) is 9.53 Å². The summed E-state index contributed by atoms with van der Waals surface area (Å²) < 4.78 is 13.3. The second-order valence-corrected chi connectivity index (χ2v) is 10.8. The molecule has 1 aliphatic rings. The standard InChI is InChI=1S/C33H25N3O6S/c1-3-41-32(38)28-29(21-10-6-4-7-11-21)34-33-35(30(28)22-12-8-5-9-13-22)31(37)27(43-33)19-23-15-17-26(42-23)24-16-14-20(2)18-25(24)36(39)40/h4-19,30H,3H2,1-2H3/b27-19-. The maximum absolute atomic E-state index is 14.0. The maximum atomic E-state index is 14.0. The topological polar surface area (TPSA) is 117 Å². The van der Waals surface area contributed by atoms with Gasteiger partial charge in [-0.3, -0.25) is 19.5 Å². The van der Waals surface area contributed by atoms with Gasteiger partial charge in [-0.25, -0.2) is 9.79 Å². The Morgan fingerprint density at radius 1 is 1.07 bits per heavy atom. The van der Waals surface area contributed by atoms with Crippen LogP contribution in [0.3, 0.4) is 0 Å². The highest BCUT2D eigenvalue weighted by atomic mass is 32.1. The highest BCUT2D eigenvalue weighted by Crippen LogP contribution is 2.35. The van der Waals surface area contributed by atoms with Crippen molar-refractivity contribution < 1.29 is 18.9 Å². The first-order valence-electron chi connectivity index (χ1n) is 13.5. The van der Waals surface area contributed by atoms with Crippen molar-refractivity contribution >= 4 is 34.8 Å². The van der Waals surface area contributed by atoms with Gasteiger partial charge in [0.05, 0.1) is 38.9 Å². The minimum Gasteiger partial charge on any atom is -0.463 e. The molecule has 0 fully saturated rings. The molecule has 214 valence electrons. The average molecular weight is 592 g/mol. The lowest BCUT2D eigenvalue weighted by molar-refractivity contribution is -0.384. The van der Waals surface area contributed by atoms with Gasteiger partial charge in [0.25, 0.3) is 11.2 Å². The second-order valence-electron chi connectivity index (χ2n) is 9.82. The lowest BCUT2D eigenvalue weighted by atomic mass is 9.93. The molecule has 43 heavy (non-hydrogen) atoms. The van der Waals surface area contributed by atoms with Gasteiger partial charge in [0.15, 0.2) is 4.80 Å². The first-order valence-corrected chi connectivity index (χ1v) is 14.4. The number of nitro groups is 1. The van der Waals surface area contributed by atoms with Crippen molar-refractivity contribution in [1.29, 1.82) is 0 Å². The van der Waals surface area contributed by atoms with E-state index in [-0.39, 0.29) is 23.4 Å². The van der Waals surface area contributed by atoms with Crippen LogP contribution in [0.25, 0.3) is 23.1 Å². The van der Waals surface area contributed by atoms with Crippen LogP contribution in [-0.4, -0.2) is 22.1 Å². The highest BCUT2D eigenvalue weighted by molar-refractivity contribution is 7.07. The average Bonchev–Trinajstić information content (AvgIpc) is 3.61. The fourth-order valence-corrected chi connectivity index (χ4v) is 6.08. The molecular weight excluding hydrogens is 566 g/mol. The van der Waals surface area contributed by atoms with Crippen LogP contribution in [0.4, 0.5) is 5.69 Å². The highest BCUT2D eigenvalue weighted by Gasteiger charge is 2.35. The van der Waals surface area contributed by atoms with Crippen LogP contribution in [0.5, 0.6) is 0 Å². The zero-order valence-electron chi connectivity index (χ0n) is 23.2. The van der Waals surface area contributed by atoms with E-state index in [9.17, 15) is 19.7 Å². The third kappa shape index (κ3) is 5.24. The van der Waals surface area contributed by atoms with E-state index in [4.69, 9.17) is 14.1 Å². The molecule has 0 amide bonds. The van der Waals surface area contributed by atoms with E-state index in [1.165, 1.54) is 22.0 Å². The molecule has 10 heteroatoms. The van der Waals surface area contributed by atoms with E-state index >= 15 is 0 Å². The van der Waals surface area contributed by atoms with E-state index < -0.39 is 16.9 Å². The Balaban J connectivity index is 1.54. The molecule has 5 aromatic rings. The number of furan rings is 1. The number of aromatic nitrogens is 1. The van der Waals surface area contributed by atoms with E-state index in [0.717, 1.165) is 16.7 Å². The van der Waals surface area contributed by atoms with E-state index in [1.807, 2.05) is 60.7 Å². The van der Waals surface area contributed by atoms with Gasteiger partial charge in [-0.15, -0.1) is 0 Å². The molecule has 1 aliphatic heterocycles. The molecule has 2 aromatic heterocycles. The predicted molar refractivity (Wildman–Crippen MR) is 163 cm³/mol. The third-order valence-corrected chi connectivity index (χ3v) is 7.99. The second kappa shape index (κ2) is 11.5. The monoisotopic (exact) mass is 591 g/mol.